The molecule has 2 N–H and O–H groups in total. The molecule has 5 heteroatoms. The van der Waals surface area contributed by atoms with Gasteiger partial charge in [0, 0.05) is 10.9 Å². The molecule has 0 spiro atoms. The molecule has 1 heterocycles. The lowest BCUT2D eigenvalue weighted by molar-refractivity contribution is -0.126. The Balaban J connectivity index is 1.61. The highest BCUT2D eigenvalue weighted by molar-refractivity contribution is 7.10. The van der Waals surface area contributed by atoms with Crippen LogP contribution in [0.1, 0.15) is 50.1 Å². The topological polar surface area (TPSA) is 62.2 Å². The zero-order chi connectivity index (χ0) is 16.3. The van der Waals surface area contributed by atoms with Crippen LogP contribution in [0.3, 0.4) is 0 Å². The minimum absolute atomic E-state index is 0.0987. The van der Waals surface area contributed by atoms with Crippen LogP contribution in [0.4, 0.5) is 0 Å². The van der Waals surface area contributed by atoms with E-state index in [4.69, 9.17) is 0 Å². The molecule has 1 saturated carbocycles. The molecule has 1 aromatic heterocycles. The number of thiazole rings is 1. The standard InChI is InChI=1S/C18H22N2O2S/c1-13(19-16(21)11-18(22)9-5-6-10-18)17-20-15(12-23-17)14-7-3-2-4-8-14/h2-4,7-8,12-13,22H,5-6,9-11H2,1H3,(H,19,21). The zero-order valence-electron chi connectivity index (χ0n) is 13.3. The Morgan fingerprint density at radius 2 is 2.04 bits per heavy atom. The summed E-state index contributed by atoms with van der Waals surface area (Å²) in [6.07, 6.45) is 3.65. The summed E-state index contributed by atoms with van der Waals surface area (Å²) in [7, 11) is 0. The molecule has 1 atom stereocenters. The molecule has 122 valence electrons. The van der Waals surface area contributed by atoms with E-state index in [9.17, 15) is 9.90 Å². The fourth-order valence-electron chi connectivity index (χ4n) is 3.09. The number of nitrogens with one attached hydrogen (secondary N) is 1. The highest BCUT2D eigenvalue weighted by atomic mass is 32.1. The van der Waals surface area contributed by atoms with Crippen molar-refractivity contribution in [3.05, 3.63) is 40.7 Å². The van der Waals surface area contributed by atoms with Crippen molar-refractivity contribution >= 4 is 17.2 Å². The predicted molar refractivity (Wildman–Crippen MR) is 92.1 cm³/mol. The summed E-state index contributed by atoms with van der Waals surface area (Å²) in [6.45, 7) is 1.93. The Morgan fingerprint density at radius 1 is 1.35 bits per heavy atom. The van der Waals surface area contributed by atoms with Gasteiger partial charge < -0.3 is 10.4 Å². The first-order chi connectivity index (χ1) is 11.1. The summed E-state index contributed by atoms with van der Waals surface area (Å²) in [5.41, 5.74) is 1.21. The number of hydrogen-bond donors (Lipinski definition) is 2. The fourth-order valence-corrected chi connectivity index (χ4v) is 3.93. The molecule has 1 amide bonds. The Hall–Kier alpha value is -1.72. The van der Waals surface area contributed by atoms with Crippen molar-refractivity contribution in [3.8, 4) is 11.3 Å². The molecule has 1 aliphatic rings. The van der Waals surface area contributed by atoms with Crippen LogP contribution < -0.4 is 5.32 Å². The largest absolute Gasteiger partial charge is 0.389 e. The van der Waals surface area contributed by atoms with Crippen molar-refractivity contribution in [3.63, 3.8) is 0 Å². The molecule has 1 aliphatic carbocycles. The molecule has 2 aromatic rings. The number of rotatable bonds is 5. The quantitative estimate of drug-likeness (QED) is 0.879. The average Bonchev–Trinajstić information content (AvgIpc) is 3.17. The number of aromatic nitrogens is 1. The maximum atomic E-state index is 12.2. The summed E-state index contributed by atoms with van der Waals surface area (Å²) in [4.78, 5) is 16.8. The molecule has 0 bridgehead atoms. The molecule has 1 fully saturated rings. The minimum atomic E-state index is -0.804. The van der Waals surface area contributed by atoms with E-state index < -0.39 is 5.60 Å². The van der Waals surface area contributed by atoms with E-state index in [2.05, 4.69) is 10.3 Å². The van der Waals surface area contributed by atoms with Crippen molar-refractivity contribution in [2.75, 3.05) is 0 Å². The van der Waals surface area contributed by atoms with E-state index in [0.29, 0.717) is 0 Å². The monoisotopic (exact) mass is 330 g/mol. The van der Waals surface area contributed by atoms with Gasteiger partial charge in [-0.3, -0.25) is 4.79 Å². The van der Waals surface area contributed by atoms with Crippen molar-refractivity contribution < 1.29 is 9.90 Å². The van der Waals surface area contributed by atoms with Crippen LogP contribution in [-0.4, -0.2) is 21.6 Å². The zero-order valence-corrected chi connectivity index (χ0v) is 14.1. The molecule has 1 aromatic carbocycles. The van der Waals surface area contributed by atoms with E-state index in [0.717, 1.165) is 41.9 Å². The summed E-state index contributed by atoms with van der Waals surface area (Å²) in [5.74, 6) is -0.0987. The first-order valence-corrected chi connectivity index (χ1v) is 8.96. The van der Waals surface area contributed by atoms with Gasteiger partial charge in [-0.2, -0.15) is 0 Å². The Kier molecular flexibility index (Phi) is 4.78. The highest BCUT2D eigenvalue weighted by Crippen LogP contribution is 2.32. The number of carbonyl (C=O) groups excluding carboxylic acids is 1. The molecule has 4 nitrogen and oxygen atoms in total. The molecule has 0 saturated heterocycles. The number of benzene rings is 1. The van der Waals surface area contributed by atoms with Crippen LogP contribution in [0.15, 0.2) is 35.7 Å². The second-order valence-electron chi connectivity index (χ2n) is 6.33. The lowest BCUT2D eigenvalue weighted by Crippen LogP contribution is -2.35. The Morgan fingerprint density at radius 3 is 2.74 bits per heavy atom. The molecular weight excluding hydrogens is 308 g/mol. The third-order valence-corrected chi connectivity index (χ3v) is 5.39. The summed E-state index contributed by atoms with van der Waals surface area (Å²) >= 11 is 1.55. The maximum absolute atomic E-state index is 12.2. The molecule has 1 unspecified atom stereocenters. The van der Waals surface area contributed by atoms with Crippen molar-refractivity contribution in [2.24, 2.45) is 0 Å². The van der Waals surface area contributed by atoms with Crippen LogP contribution in [0.5, 0.6) is 0 Å². The fraction of sp³-hybridized carbons (Fsp3) is 0.444. The minimum Gasteiger partial charge on any atom is -0.389 e. The van der Waals surface area contributed by atoms with Gasteiger partial charge in [0.15, 0.2) is 0 Å². The molecule has 0 aliphatic heterocycles. The third-order valence-electron chi connectivity index (χ3n) is 4.36. The van der Waals surface area contributed by atoms with E-state index in [1.807, 2.05) is 42.6 Å². The van der Waals surface area contributed by atoms with Crippen molar-refractivity contribution in [2.45, 2.75) is 50.7 Å². The predicted octanol–water partition coefficient (Wildman–Crippen LogP) is 3.68. The van der Waals surface area contributed by atoms with Gasteiger partial charge in [-0.05, 0) is 19.8 Å². The van der Waals surface area contributed by atoms with Gasteiger partial charge in [0.2, 0.25) is 5.91 Å². The van der Waals surface area contributed by atoms with Gasteiger partial charge in [-0.25, -0.2) is 4.98 Å². The molecular formula is C18H22N2O2S. The number of amides is 1. The second kappa shape index (κ2) is 6.81. The van der Waals surface area contributed by atoms with Crippen molar-refractivity contribution in [1.82, 2.24) is 10.3 Å². The van der Waals surface area contributed by atoms with Crippen LogP contribution in [0, 0.1) is 0 Å². The van der Waals surface area contributed by atoms with Gasteiger partial charge in [0.25, 0.3) is 0 Å². The number of hydrogen-bond acceptors (Lipinski definition) is 4. The van der Waals surface area contributed by atoms with Crippen LogP contribution in [-0.2, 0) is 4.79 Å². The third kappa shape index (κ3) is 3.98. The van der Waals surface area contributed by atoms with Gasteiger partial charge in [0.05, 0.1) is 23.8 Å². The van der Waals surface area contributed by atoms with Crippen molar-refractivity contribution in [1.29, 1.82) is 0 Å². The molecule has 23 heavy (non-hydrogen) atoms. The van der Waals surface area contributed by atoms with Crippen LogP contribution in [0.25, 0.3) is 11.3 Å². The van der Waals surface area contributed by atoms with E-state index in [-0.39, 0.29) is 18.4 Å². The smallest absolute Gasteiger partial charge is 0.223 e. The SMILES string of the molecule is CC(NC(=O)CC1(O)CCCC1)c1nc(-c2ccccc2)cs1. The molecule has 0 radical (unpaired) electrons. The summed E-state index contributed by atoms with van der Waals surface area (Å²) in [5, 5.41) is 16.2. The Labute approximate surface area is 140 Å². The van der Waals surface area contributed by atoms with Gasteiger partial charge in [-0.15, -0.1) is 11.3 Å². The average molecular weight is 330 g/mol. The van der Waals surface area contributed by atoms with Gasteiger partial charge in [-0.1, -0.05) is 43.2 Å². The number of nitrogens with zero attached hydrogens (tertiary/aromatic N) is 1. The normalized spacial score (nSPS) is 17.8. The first kappa shape index (κ1) is 16.1. The summed E-state index contributed by atoms with van der Waals surface area (Å²) in [6, 6.07) is 9.86. The Bertz CT molecular complexity index is 663. The first-order valence-electron chi connectivity index (χ1n) is 8.08. The van der Waals surface area contributed by atoms with E-state index >= 15 is 0 Å². The number of carbonyl (C=O) groups is 1. The van der Waals surface area contributed by atoms with E-state index in [1.54, 1.807) is 11.3 Å². The summed E-state index contributed by atoms with van der Waals surface area (Å²) < 4.78 is 0. The van der Waals surface area contributed by atoms with Gasteiger partial charge in [0.1, 0.15) is 5.01 Å². The lowest BCUT2D eigenvalue weighted by Gasteiger charge is -2.22. The molecule has 3 rings (SSSR count). The van der Waals surface area contributed by atoms with E-state index in [1.165, 1.54) is 0 Å². The van der Waals surface area contributed by atoms with Crippen LogP contribution in [0.2, 0.25) is 0 Å². The van der Waals surface area contributed by atoms with Crippen LogP contribution >= 0.6 is 11.3 Å². The lowest BCUT2D eigenvalue weighted by atomic mass is 9.97. The second-order valence-corrected chi connectivity index (χ2v) is 7.22. The maximum Gasteiger partial charge on any atom is 0.223 e. The van der Waals surface area contributed by atoms with Gasteiger partial charge >= 0.3 is 0 Å². The number of aliphatic hydroxyl groups is 1. The highest BCUT2D eigenvalue weighted by Gasteiger charge is 2.33.